The minimum absolute atomic E-state index is 0.0734. The number of hydrogen-bond donors (Lipinski definition) is 2. The molecule has 1 aromatic carbocycles. The Balaban J connectivity index is 3.41. The summed E-state index contributed by atoms with van der Waals surface area (Å²) < 4.78 is 77.2. The van der Waals surface area contributed by atoms with Crippen molar-refractivity contribution in [1.29, 1.82) is 0 Å². The third-order valence-electron chi connectivity index (χ3n) is 2.05. The second-order valence-electron chi connectivity index (χ2n) is 3.56. The lowest BCUT2D eigenvalue weighted by atomic mass is 10.3. The molecule has 0 aromatic heterocycles. The SMILES string of the molecule is C[C@H](CN)NS(=O)(=O)c1c(F)c(F)cc(F)c1F. The lowest BCUT2D eigenvalue weighted by Gasteiger charge is -2.13. The highest BCUT2D eigenvalue weighted by atomic mass is 32.2. The van der Waals surface area contributed by atoms with Crippen LogP contribution in [0.5, 0.6) is 0 Å². The molecule has 0 bridgehead atoms. The van der Waals surface area contributed by atoms with Crippen LogP contribution in [0.25, 0.3) is 0 Å². The molecule has 4 nitrogen and oxygen atoms in total. The van der Waals surface area contributed by atoms with Crippen molar-refractivity contribution in [3.05, 3.63) is 29.3 Å². The number of halogens is 4. The first-order valence-corrected chi connectivity index (χ1v) is 6.24. The predicted octanol–water partition coefficient (Wildman–Crippen LogP) is 0.869. The summed E-state index contributed by atoms with van der Waals surface area (Å²) >= 11 is 0. The van der Waals surface area contributed by atoms with Crippen LogP contribution >= 0.6 is 0 Å². The van der Waals surface area contributed by atoms with Crippen LogP contribution in [0.15, 0.2) is 11.0 Å². The Kier molecular flexibility index (Phi) is 4.30. The molecule has 0 aliphatic carbocycles. The fourth-order valence-electron chi connectivity index (χ4n) is 1.16. The molecule has 0 amide bonds. The quantitative estimate of drug-likeness (QED) is 0.637. The standard InChI is InChI=1S/C9H10F4N2O2S/c1-4(3-14)15-18(16,17)9-7(12)5(10)2-6(11)8(9)13/h2,4,15H,3,14H2,1H3/t4-/m1/s1. The fraction of sp³-hybridized carbons (Fsp3) is 0.333. The van der Waals surface area contributed by atoms with Gasteiger partial charge in [0.15, 0.2) is 28.2 Å². The normalized spacial score (nSPS) is 13.7. The first-order valence-electron chi connectivity index (χ1n) is 4.76. The second kappa shape index (κ2) is 5.21. The van der Waals surface area contributed by atoms with Crippen LogP contribution in [0.3, 0.4) is 0 Å². The van der Waals surface area contributed by atoms with E-state index in [-0.39, 0.29) is 12.6 Å². The third-order valence-corrected chi connectivity index (χ3v) is 3.66. The third kappa shape index (κ3) is 2.79. The summed E-state index contributed by atoms with van der Waals surface area (Å²) in [6.45, 7) is 1.17. The van der Waals surface area contributed by atoms with Crippen LogP contribution in [0.1, 0.15) is 6.92 Å². The summed E-state index contributed by atoms with van der Waals surface area (Å²) in [7, 11) is -4.74. The lowest BCUT2D eigenvalue weighted by Crippen LogP contribution is -2.38. The zero-order valence-corrected chi connectivity index (χ0v) is 9.99. The smallest absolute Gasteiger partial charge is 0.246 e. The first-order chi connectivity index (χ1) is 8.20. The second-order valence-corrected chi connectivity index (χ2v) is 5.21. The highest BCUT2D eigenvalue weighted by Crippen LogP contribution is 2.23. The molecule has 0 spiro atoms. The maximum absolute atomic E-state index is 13.3. The van der Waals surface area contributed by atoms with Gasteiger partial charge in [-0.25, -0.2) is 30.7 Å². The van der Waals surface area contributed by atoms with E-state index in [2.05, 4.69) is 0 Å². The average molecular weight is 286 g/mol. The van der Waals surface area contributed by atoms with Gasteiger partial charge in [-0.1, -0.05) is 0 Å². The highest BCUT2D eigenvalue weighted by Gasteiger charge is 2.30. The molecule has 1 atom stereocenters. The van der Waals surface area contributed by atoms with E-state index in [0.29, 0.717) is 0 Å². The number of benzene rings is 1. The van der Waals surface area contributed by atoms with E-state index >= 15 is 0 Å². The summed E-state index contributed by atoms with van der Waals surface area (Å²) in [6.07, 6.45) is 0. The summed E-state index contributed by atoms with van der Waals surface area (Å²) in [6, 6.07) is -0.920. The molecular formula is C9H10F4N2O2S. The number of nitrogens with one attached hydrogen (secondary N) is 1. The molecule has 9 heteroatoms. The van der Waals surface area contributed by atoms with Crippen molar-refractivity contribution in [3.8, 4) is 0 Å². The van der Waals surface area contributed by atoms with Crippen LogP contribution in [0.4, 0.5) is 17.6 Å². The minimum atomic E-state index is -4.74. The van der Waals surface area contributed by atoms with Gasteiger partial charge in [0.2, 0.25) is 10.0 Å². The van der Waals surface area contributed by atoms with Crippen LogP contribution in [0.2, 0.25) is 0 Å². The molecule has 0 aliphatic heterocycles. The van der Waals surface area contributed by atoms with Gasteiger partial charge >= 0.3 is 0 Å². The molecule has 0 saturated heterocycles. The first kappa shape index (κ1) is 14.9. The molecule has 0 radical (unpaired) electrons. The van der Waals surface area contributed by atoms with Crippen molar-refractivity contribution in [3.63, 3.8) is 0 Å². The summed E-state index contributed by atoms with van der Waals surface area (Å²) in [5.41, 5.74) is 5.13. The Morgan fingerprint density at radius 3 is 2.06 bits per heavy atom. The monoisotopic (exact) mass is 286 g/mol. The van der Waals surface area contributed by atoms with Gasteiger partial charge in [0.05, 0.1) is 0 Å². The van der Waals surface area contributed by atoms with Crippen molar-refractivity contribution >= 4 is 10.0 Å². The zero-order chi connectivity index (χ0) is 14.1. The molecule has 0 saturated carbocycles. The molecule has 0 heterocycles. The summed E-state index contributed by atoms with van der Waals surface area (Å²) in [5, 5.41) is 0. The Bertz CT molecular complexity index is 536. The van der Waals surface area contributed by atoms with Gasteiger partial charge < -0.3 is 5.73 Å². The Labute approximate surface area is 101 Å². The van der Waals surface area contributed by atoms with Gasteiger partial charge in [0, 0.05) is 18.7 Å². The van der Waals surface area contributed by atoms with Gasteiger partial charge in [-0.3, -0.25) is 0 Å². The highest BCUT2D eigenvalue weighted by molar-refractivity contribution is 7.89. The van der Waals surface area contributed by atoms with E-state index in [0.717, 1.165) is 0 Å². The Hall–Kier alpha value is -1.19. The summed E-state index contributed by atoms with van der Waals surface area (Å²) in [5.74, 6) is -7.56. The van der Waals surface area contributed by atoms with Crippen LogP contribution in [-0.4, -0.2) is 21.0 Å². The van der Waals surface area contributed by atoms with Gasteiger partial charge in [-0.2, -0.15) is 0 Å². The molecule has 3 N–H and O–H groups in total. The Morgan fingerprint density at radius 2 is 1.67 bits per heavy atom. The van der Waals surface area contributed by atoms with E-state index in [1.807, 2.05) is 0 Å². The van der Waals surface area contributed by atoms with Gasteiger partial charge in [0.1, 0.15) is 0 Å². The predicted molar refractivity (Wildman–Crippen MR) is 55.1 cm³/mol. The van der Waals surface area contributed by atoms with Crippen LogP contribution in [-0.2, 0) is 10.0 Å². The molecule has 0 unspecified atom stereocenters. The van der Waals surface area contributed by atoms with Crippen LogP contribution < -0.4 is 10.5 Å². The van der Waals surface area contributed by atoms with Gasteiger partial charge in [-0.05, 0) is 6.92 Å². The minimum Gasteiger partial charge on any atom is -0.329 e. The van der Waals surface area contributed by atoms with Crippen molar-refractivity contribution < 1.29 is 26.0 Å². The maximum Gasteiger partial charge on any atom is 0.246 e. The van der Waals surface area contributed by atoms with E-state index in [9.17, 15) is 26.0 Å². The topological polar surface area (TPSA) is 72.2 Å². The van der Waals surface area contributed by atoms with E-state index in [1.165, 1.54) is 6.92 Å². The molecule has 102 valence electrons. The number of hydrogen-bond acceptors (Lipinski definition) is 3. The van der Waals surface area contributed by atoms with Crippen molar-refractivity contribution in [2.24, 2.45) is 5.73 Å². The maximum atomic E-state index is 13.3. The number of rotatable bonds is 4. The zero-order valence-electron chi connectivity index (χ0n) is 9.18. The summed E-state index contributed by atoms with van der Waals surface area (Å²) in [4.78, 5) is -1.69. The van der Waals surface area contributed by atoms with E-state index in [1.54, 1.807) is 4.72 Å². The largest absolute Gasteiger partial charge is 0.329 e. The van der Waals surface area contributed by atoms with Gasteiger partial charge in [0.25, 0.3) is 0 Å². The van der Waals surface area contributed by atoms with Crippen LogP contribution in [0, 0.1) is 23.3 Å². The molecule has 0 fully saturated rings. The lowest BCUT2D eigenvalue weighted by molar-refractivity contribution is 0.417. The average Bonchev–Trinajstić information content (AvgIpc) is 2.25. The fourth-order valence-corrected chi connectivity index (χ4v) is 2.57. The Morgan fingerprint density at radius 1 is 1.22 bits per heavy atom. The van der Waals surface area contributed by atoms with Crippen molar-refractivity contribution in [1.82, 2.24) is 4.72 Å². The van der Waals surface area contributed by atoms with Crippen molar-refractivity contribution in [2.75, 3.05) is 6.54 Å². The van der Waals surface area contributed by atoms with E-state index in [4.69, 9.17) is 5.73 Å². The molecule has 1 aromatic rings. The number of nitrogens with two attached hydrogens (primary N) is 1. The molecule has 1 rings (SSSR count). The van der Waals surface area contributed by atoms with E-state index < -0.39 is 44.2 Å². The van der Waals surface area contributed by atoms with Gasteiger partial charge in [-0.15, -0.1) is 0 Å². The molecule has 0 aliphatic rings. The molecule has 18 heavy (non-hydrogen) atoms. The number of sulfonamides is 1. The molecular weight excluding hydrogens is 276 g/mol. The van der Waals surface area contributed by atoms with Crippen molar-refractivity contribution in [2.45, 2.75) is 17.9 Å².